The summed E-state index contributed by atoms with van der Waals surface area (Å²) >= 11 is 0. The molecule has 1 fully saturated rings. The minimum absolute atomic E-state index is 0. The number of phosphoric acid groups is 2. The van der Waals surface area contributed by atoms with Gasteiger partial charge in [0.1, 0.15) is 0 Å². The first-order valence-electron chi connectivity index (χ1n) is 2.04. The van der Waals surface area contributed by atoms with Gasteiger partial charge < -0.3 is 9.79 Å². The van der Waals surface area contributed by atoms with Gasteiger partial charge in [-0.3, -0.25) is 18.2 Å². The molecule has 0 N–H and O–H groups in total. The summed E-state index contributed by atoms with van der Waals surface area (Å²) in [5, 5.41) is 0. The Hall–Kier alpha value is 2.26. The zero-order chi connectivity index (χ0) is 7.83. The van der Waals surface area contributed by atoms with Crippen molar-refractivity contribution in [3.8, 4) is 0 Å². The van der Waals surface area contributed by atoms with Gasteiger partial charge in [0, 0.05) is 0 Å². The third kappa shape index (κ3) is 5.88. The molecule has 0 radical (unpaired) electrons. The molecular weight excluding hydrogens is 232 g/mol. The second-order valence-corrected chi connectivity index (χ2v) is 4.31. The van der Waals surface area contributed by atoms with E-state index in [1.807, 2.05) is 0 Å². The molecule has 0 aromatic heterocycles. The molecule has 1 rings (SSSR count). The average Bonchev–Trinajstić information content (AvgIpc) is 1.56. The van der Waals surface area contributed by atoms with Crippen LogP contribution in [0.3, 0.4) is 0 Å². The number of rotatable bonds is 0. The Morgan fingerprint density at radius 1 is 1.00 bits per heavy atom. The Kier molecular flexibility index (Phi) is 8.31. The van der Waals surface area contributed by atoms with E-state index in [-0.39, 0.29) is 59.1 Å². The van der Waals surface area contributed by atoms with Gasteiger partial charge in [0.25, 0.3) is 15.6 Å². The van der Waals surface area contributed by atoms with E-state index in [4.69, 9.17) is 0 Å². The first-order chi connectivity index (χ1) is 4.41. The summed E-state index contributed by atoms with van der Waals surface area (Å²) < 4.78 is 31.4. The van der Waals surface area contributed by atoms with Crippen molar-refractivity contribution in [3.05, 3.63) is 0 Å². The molecule has 12 heavy (non-hydrogen) atoms. The molecule has 1 aliphatic rings. The fraction of sp³-hybridized carbons (Fsp3) is 1.00. The Morgan fingerprint density at radius 3 is 1.50 bits per heavy atom. The molecule has 0 aromatic carbocycles. The summed E-state index contributed by atoms with van der Waals surface area (Å²) in [4.78, 5) is 20.4. The van der Waals surface area contributed by atoms with E-state index >= 15 is 0 Å². The van der Waals surface area contributed by atoms with E-state index in [1.165, 1.54) is 0 Å². The molecule has 1 saturated heterocycles. The first kappa shape index (κ1) is 16.7. The van der Waals surface area contributed by atoms with Crippen LogP contribution in [0.15, 0.2) is 0 Å². The molecular formula is CH2Na2O7P2. The van der Waals surface area contributed by atoms with Crippen molar-refractivity contribution in [1.82, 2.24) is 0 Å². The molecule has 60 valence electrons. The summed E-state index contributed by atoms with van der Waals surface area (Å²) in [6.45, 7) is -0.846. The van der Waals surface area contributed by atoms with Gasteiger partial charge in [0.05, 0.1) is 0 Å². The van der Waals surface area contributed by atoms with Crippen LogP contribution in [0.1, 0.15) is 0 Å². The molecule has 0 amide bonds. The summed E-state index contributed by atoms with van der Waals surface area (Å²) in [5.41, 5.74) is 0. The summed E-state index contributed by atoms with van der Waals surface area (Å²) in [6, 6.07) is 0. The second-order valence-electron chi connectivity index (χ2n) is 1.35. The Balaban J connectivity index is 0. The minimum atomic E-state index is -4.66. The molecule has 11 heteroatoms. The Bertz CT molecular complexity index is 205. The molecule has 0 spiro atoms. The zero-order valence-electron chi connectivity index (χ0n) is 6.46. The van der Waals surface area contributed by atoms with Crippen LogP contribution in [0.4, 0.5) is 0 Å². The van der Waals surface area contributed by atoms with Crippen molar-refractivity contribution < 1.29 is 91.4 Å². The van der Waals surface area contributed by atoms with Crippen molar-refractivity contribution in [2.24, 2.45) is 0 Å². The van der Waals surface area contributed by atoms with Gasteiger partial charge in [-0.15, -0.1) is 0 Å². The second kappa shape index (κ2) is 5.98. The monoisotopic (exact) mass is 234 g/mol. The largest absolute Gasteiger partial charge is 1.00 e. The summed E-state index contributed by atoms with van der Waals surface area (Å²) in [5.74, 6) is 0. The predicted octanol–water partition coefficient (Wildman–Crippen LogP) is -7.05. The van der Waals surface area contributed by atoms with Crippen LogP contribution in [0.25, 0.3) is 0 Å². The molecule has 1 aliphatic heterocycles. The molecule has 0 aliphatic carbocycles. The molecule has 2 unspecified atom stereocenters. The number of hydrogen-bond acceptors (Lipinski definition) is 7. The minimum Gasteiger partial charge on any atom is -0.756 e. The SMILES string of the molecule is O=P1([O-])OCOP(=O)([O-])O1.[Na+].[Na+]. The fourth-order valence-electron chi connectivity index (χ4n) is 0.322. The topological polar surface area (TPSA) is 108 Å². The zero-order valence-corrected chi connectivity index (χ0v) is 12.2. The van der Waals surface area contributed by atoms with Gasteiger partial charge in [-0.2, -0.15) is 0 Å². The molecule has 7 nitrogen and oxygen atoms in total. The van der Waals surface area contributed by atoms with E-state index in [2.05, 4.69) is 13.4 Å². The average molecular weight is 234 g/mol. The molecule has 2 atom stereocenters. The van der Waals surface area contributed by atoms with Gasteiger partial charge in [-0.25, -0.2) is 4.31 Å². The van der Waals surface area contributed by atoms with Gasteiger partial charge in [0.2, 0.25) is 0 Å². The van der Waals surface area contributed by atoms with Crippen molar-refractivity contribution in [1.29, 1.82) is 0 Å². The fourth-order valence-corrected chi connectivity index (χ4v) is 2.13. The van der Waals surface area contributed by atoms with Crippen LogP contribution in [0, 0.1) is 0 Å². The van der Waals surface area contributed by atoms with Crippen molar-refractivity contribution in [3.63, 3.8) is 0 Å². The Labute approximate surface area is 113 Å². The van der Waals surface area contributed by atoms with Gasteiger partial charge >= 0.3 is 59.1 Å². The van der Waals surface area contributed by atoms with E-state index in [0.29, 0.717) is 0 Å². The third-order valence-electron chi connectivity index (χ3n) is 0.622. The van der Waals surface area contributed by atoms with Crippen molar-refractivity contribution in [2.45, 2.75) is 0 Å². The van der Waals surface area contributed by atoms with Gasteiger partial charge in [-0.1, -0.05) is 0 Å². The van der Waals surface area contributed by atoms with Crippen molar-refractivity contribution in [2.75, 3.05) is 6.79 Å². The summed E-state index contributed by atoms with van der Waals surface area (Å²) in [6.07, 6.45) is 0. The molecule has 1 heterocycles. The first-order valence-corrected chi connectivity index (χ1v) is 4.96. The van der Waals surface area contributed by atoms with Crippen LogP contribution in [-0.4, -0.2) is 6.79 Å². The molecule has 0 bridgehead atoms. The van der Waals surface area contributed by atoms with E-state index in [9.17, 15) is 18.9 Å². The maximum Gasteiger partial charge on any atom is 1.00 e. The van der Waals surface area contributed by atoms with Crippen LogP contribution in [0.5, 0.6) is 0 Å². The number of hydrogen-bond donors (Lipinski definition) is 0. The molecule has 0 saturated carbocycles. The van der Waals surface area contributed by atoms with Crippen LogP contribution in [-0.2, 0) is 22.5 Å². The number of phosphoric ester groups is 2. The smallest absolute Gasteiger partial charge is 0.756 e. The third-order valence-corrected chi connectivity index (χ3v) is 3.06. The van der Waals surface area contributed by atoms with Crippen LogP contribution in [0.2, 0.25) is 0 Å². The van der Waals surface area contributed by atoms with Gasteiger partial charge in [-0.05, 0) is 0 Å². The van der Waals surface area contributed by atoms with Gasteiger partial charge in [0.15, 0.2) is 6.79 Å². The maximum atomic E-state index is 10.2. The normalized spacial score (nSPS) is 40.8. The van der Waals surface area contributed by atoms with E-state index in [1.54, 1.807) is 0 Å². The van der Waals surface area contributed by atoms with Crippen molar-refractivity contribution >= 4 is 15.6 Å². The standard InChI is InChI=1S/CH4O7P2.2Na/c2-9(3)6-1-7-10(4,5)8-9;;/h1H2,(H,2,3)(H,4,5);;/q;2*+1/p-2. The van der Waals surface area contributed by atoms with Crippen LogP contribution >= 0.6 is 15.6 Å². The predicted molar refractivity (Wildman–Crippen MR) is 23.3 cm³/mol. The van der Waals surface area contributed by atoms with Crippen LogP contribution < -0.4 is 68.9 Å². The Morgan fingerprint density at radius 2 is 1.33 bits per heavy atom. The molecule has 0 aromatic rings. The van der Waals surface area contributed by atoms with E-state index in [0.717, 1.165) is 0 Å². The summed E-state index contributed by atoms with van der Waals surface area (Å²) in [7, 11) is -9.32. The quantitative estimate of drug-likeness (QED) is 0.302. The maximum absolute atomic E-state index is 10.2. The van der Waals surface area contributed by atoms with E-state index < -0.39 is 22.4 Å².